The summed E-state index contributed by atoms with van der Waals surface area (Å²) in [6, 6.07) is 5.77. The van der Waals surface area contributed by atoms with Crippen molar-refractivity contribution < 1.29 is 26.3 Å². The van der Waals surface area contributed by atoms with Crippen LogP contribution in [0.15, 0.2) is 29.4 Å². The van der Waals surface area contributed by atoms with Crippen LogP contribution in [0.2, 0.25) is 0 Å². The van der Waals surface area contributed by atoms with Crippen LogP contribution in [0.1, 0.15) is 0 Å². The maximum atomic E-state index is 11.9. The summed E-state index contributed by atoms with van der Waals surface area (Å²) in [6.07, 6.45) is -3.99. The average molecular weight is 307 g/mol. The molecule has 1 N–H and O–H groups in total. The minimum atomic E-state index is -4.79. The molecule has 20 heavy (non-hydrogen) atoms. The van der Waals surface area contributed by atoms with E-state index in [9.17, 15) is 21.6 Å². The Morgan fingerprint density at radius 3 is 2.30 bits per heavy atom. The summed E-state index contributed by atoms with van der Waals surface area (Å²) in [5.74, 6) is -0.435. The van der Waals surface area contributed by atoms with Gasteiger partial charge in [-0.1, -0.05) is 0 Å². The molecular weight excluding hydrogens is 299 g/mol. The maximum Gasteiger partial charge on any atom is 0.573 e. The number of benzene rings is 1. The summed E-state index contributed by atoms with van der Waals surface area (Å²) in [5, 5.41) is 11.2. The molecular formula is C10H8F3N3O3S. The van der Waals surface area contributed by atoms with Crippen molar-refractivity contribution in [3.8, 4) is 11.8 Å². The van der Waals surface area contributed by atoms with Crippen molar-refractivity contribution in [1.29, 1.82) is 5.26 Å². The molecule has 0 aliphatic heterocycles. The molecule has 1 aromatic rings. The number of nitrogens with one attached hydrogen (secondary N) is 1. The Balaban J connectivity index is 2.82. The third-order valence-electron chi connectivity index (χ3n) is 1.82. The van der Waals surface area contributed by atoms with Gasteiger partial charge in [-0.15, -0.1) is 13.2 Å². The third-order valence-corrected chi connectivity index (χ3v) is 2.71. The first kappa shape index (κ1) is 15.8. The van der Waals surface area contributed by atoms with Crippen molar-refractivity contribution in [2.75, 3.05) is 11.7 Å². The number of ether oxygens (including phenoxy) is 1. The van der Waals surface area contributed by atoms with Crippen LogP contribution in [0, 0.1) is 11.3 Å². The van der Waals surface area contributed by atoms with Crippen LogP contribution in [-0.4, -0.2) is 26.1 Å². The molecule has 0 unspecified atom stereocenters. The average Bonchev–Trinajstić information content (AvgIpc) is 2.28. The van der Waals surface area contributed by atoms with Crippen LogP contribution in [0.25, 0.3) is 0 Å². The summed E-state index contributed by atoms with van der Waals surface area (Å²) in [4.78, 5) is 0. The van der Waals surface area contributed by atoms with E-state index in [1.165, 1.54) is 18.2 Å². The monoisotopic (exact) mass is 307 g/mol. The topological polar surface area (TPSA) is 91.5 Å². The Bertz CT molecular complexity index is 645. The lowest BCUT2D eigenvalue weighted by molar-refractivity contribution is -0.274. The van der Waals surface area contributed by atoms with E-state index in [2.05, 4.69) is 15.3 Å². The number of alkyl halides is 3. The Kier molecular flexibility index (Phi) is 4.57. The molecule has 0 aliphatic rings. The highest BCUT2D eigenvalue weighted by Gasteiger charge is 2.30. The molecule has 1 aromatic carbocycles. The van der Waals surface area contributed by atoms with Gasteiger partial charge < -0.3 is 4.74 Å². The van der Waals surface area contributed by atoms with Crippen LogP contribution in [0.3, 0.4) is 0 Å². The summed E-state index contributed by atoms with van der Waals surface area (Å²) < 4.78 is 61.5. The fraction of sp³-hybridized carbons (Fsp3) is 0.200. The Labute approximate surface area is 112 Å². The smallest absolute Gasteiger partial charge is 0.406 e. The molecule has 0 radical (unpaired) electrons. The standard InChI is InChI=1S/C10H8F3N3O3S/c1-20(17,18)9(6-14)16-15-7-2-4-8(5-3-7)19-10(11,12)13/h2-5,15H,1H3/b16-9+. The Morgan fingerprint density at radius 1 is 1.35 bits per heavy atom. The normalized spacial score (nSPS) is 12.7. The van der Waals surface area contributed by atoms with E-state index in [1.807, 2.05) is 0 Å². The Morgan fingerprint density at radius 2 is 1.90 bits per heavy atom. The second-order valence-corrected chi connectivity index (χ2v) is 5.42. The molecule has 0 amide bonds. The van der Waals surface area contributed by atoms with E-state index in [0.29, 0.717) is 0 Å². The number of nitriles is 1. The second kappa shape index (κ2) is 5.79. The highest BCUT2D eigenvalue weighted by Crippen LogP contribution is 2.23. The molecule has 10 heteroatoms. The van der Waals surface area contributed by atoms with E-state index in [1.54, 1.807) is 0 Å². The molecule has 0 bridgehead atoms. The van der Waals surface area contributed by atoms with Gasteiger partial charge in [-0.05, 0) is 24.3 Å². The van der Waals surface area contributed by atoms with Gasteiger partial charge in [0, 0.05) is 6.26 Å². The lowest BCUT2D eigenvalue weighted by Crippen LogP contribution is -2.17. The first-order valence-corrected chi connectivity index (χ1v) is 6.80. The fourth-order valence-electron chi connectivity index (χ4n) is 1.04. The van der Waals surface area contributed by atoms with Crippen LogP contribution in [0.5, 0.6) is 5.75 Å². The number of hydrazone groups is 1. The van der Waals surface area contributed by atoms with Crippen molar-refractivity contribution in [3.63, 3.8) is 0 Å². The number of rotatable bonds is 3. The zero-order chi connectivity index (χ0) is 15.4. The number of hydrogen-bond donors (Lipinski definition) is 1. The number of sulfone groups is 1. The van der Waals surface area contributed by atoms with Crippen LogP contribution in [0.4, 0.5) is 18.9 Å². The van der Waals surface area contributed by atoms with Crippen LogP contribution < -0.4 is 10.2 Å². The van der Waals surface area contributed by atoms with Gasteiger partial charge in [0.2, 0.25) is 9.84 Å². The molecule has 0 heterocycles. The zero-order valence-corrected chi connectivity index (χ0v) is 10.8. The highest BCUT2D eigenvalue weighted by molar-refractivity contribution is 8.06. The van der Waals surface area contributed by atoms with Gasteiger partial charge in [0.1, 0.15) is 11.8 Å². The lowest BCUT2D eigenvalue weighted by atomic mass is 10.3. The molecule has 0 aromatic heterocycles. The molecule has 0 fully saturated rings. The third kappa shape index (κ3) is 5.15. The minimum Gasteiger partial charge on any atom is -0.406 e. The van der Waals surface area contributed by atoms with Gasteiger partial charge in [0.05, 0.1) is 5.69 Å². The summed E-state index contributed by atoms with van der Waals surface area (Å²) in [6.45, 7) is 0. The Hall–Kier alpha value is -2.28. The van der Waals surface area contributed by atoms with E-state index in [-0.39, 0.29) is 5.69 Å². The summed E-state index contributed by atoms with van der Waals surface area (Å²) in [5.41, 5.74) is 2.43. The van der Waals surface area contributed by atoms with Gasteiger partial charge in [-0.3, -0.25) is 5.43 Å². The van der Waals surface area contributed by atoms with Crippen molar-refractivity contribution in [2.24, 2.45) is 5.10 Å². The van der Waals surface area contributed by atoms with E-state index < -0.39 is 27.0 Å². The highest BCUT2D eigenvalue weighted by atomic mass is 32.2. The van der Waals surface area contributed by atoms with Crippen molar-refractivity contribution in [3.05, 3.63) is 24.3 Å². The van der Waals surface area contributed by atoms with Gasteiger partial charge in [0.15, 0.2) is 0 Å². The SMILES string of the molecule is CS(=O)(=O)/C(C#N)=N/Nc1ccc(OC(F)(F)F)cc1. The molecule has 0 spiro atoms. The second-order valence-electron chi connectivity index (χ2n) is 3.48. The fourth-order valence-corrected chi connectivity index (χ4v) is 1.41. The zero-order valence-electron chi connectivity index (χ0n) is 9.97. The predicted octanol–water partition coefficient (Wildman–Crippen LogP) is 1.88. The largest absolute Gasteiger partial charge is 0.573 e. The predicted molar refractivity (Wildman–Crippen MR) is 64.6 cm³/mol. The molecule has 0 saturated heterocycles. The van der Waals surface area contributed by atoms with Gasteiger partial charge >= 0.3 is 6.36 Å². The first-order valence-electron chi connectivity index (χ1n) is 4.91. The molecule has 0 saturated carbocycles. The van der Waals surface area contributed by atoms with Crippen LogP contribution in [-0.2, 0) is 9.84 Å². The molecule has 0 aliphatic carbocycles. The molecule has 6 nitrogen and oxygen atoms in total. The van der Waals surface area contributed by atoms with E-state index >= 15 is 0 Å². The van der Waals surface area contributed by atoms with Crippen molar-refractivity contribution >= 4 is 20.6 Å². The van der Waals surface area contributed by atoms with Gasteiger partial charge in [-0.2, -0.15) is 10.4 Å². The molecule has 0 atom stereocenters. The summed E-state index contributed by atoms with van der Waals surface area (Å²) in [7, 11) is -3.76. The van der Waals surface area contributed by atoms with Crippen molar-refractivity contribution in [2.45, 2.75) is 6.36 Å². The lowest BCUT2D eigenvalue weighted by Gasteiger charge is -2.09. The quantitative estimate of drug-likeness (QED) is 0.523. The first-order chi connectivity index (χ1) is 9.12. The number of nitrogens with zero attached hydrogens (tertiary/aromatic N) is 2. The van der Waals surface area contributed by atoms with Gasteiger partial charge in [0.25, 0.3) is 5.04 Å². The summed E-state index contributed by atoms with van der Waals surface area (Å²) >= 11 is 0. The molecule has 1 rings (SSSR count). The minimum absolute atomic E-state index is 0.191. The number of anilines is 1. The maximum absolute atomic E-state index is 11.9. The molecule has 108 valence electrons. The van der Waals surface area contributed by atoms with E-state index in [0.717, 1.165) is 18.4 Å². The van der Waals surface area contributed by atoms with E-state index in [4.69, 9.17) is 5.26 Å². The van der Waals surface area contributed by atoms with Gasteiger partial charge in [-0.25, -0.2) is 8.42 Å². The van der Waals surface area contributed by atoms with Crippen LogP contribution >= 0.6 is 0 Å². The van der Waals surface area contributed by atoms with Crippen molar-refractivity contribution in [1.82, 2.24) is 0 Å². The number of halogens is 3. The number of hydrogen-bond acceptors (Lipinski definition) is 6.